The summed E-state index contributed by atoms with van der Waals surface area (Å²) in [6.07, 6.45) is 0. The van der Waals surface area contributed by atoms with Crippen molar-refractivity contribution in [1.82, 2.24) is 25.2 Å². The third-order valence-electron chi connectivity index (χ3n) is 4.65. The molecule has 0 fully saturated rings. The Morgan fingerprint density at radius 1 is 1.19 bits per heavy atom. The van der Waals surface area contributed by atoms with E-state index in [1.54, 1.807) is 4.52 Å². The third kappa shape index (κ3) is 3.18. The lowest BCUT2D eigenvalue weighted by molar-refractivity contribution is 0.0951. The summed E-state index contributed by atoms with van der Waals surface area (Å²) < 4.78 is 1.73. The van der Waals surface area contributed by atoms with Gasteiger partial charge in [0.2, 0.25) is 0 Å². The largest absolute Gasteiger partial charge is 0.348 e. The van der Waals surface area contributed by atoms with E-state index in [0.29, 0.717) is 23.4 Å². The molecule has 136 valence electrons. The second-order valence-corrected chi connectivity index (χ2v) is 6.62. The Balaban J connectivity index is 0.00000196. The lowest BCUT2D eigenvalue weighted by Crippen LogP contribution is -2.23. The molecule has 0 saturated carbocycles. The summed E-state index contributed by atoms with van der Waals surface area (Å²) in [4.78, 5) is 17.3. The van der Waals surface area contributed by atoms with E-state index in [-0.39, 0.29) is 18.3 Å². The number of nitrogens with zero attached hydrogens (tertiary/aromatic N) is 3. The smallest absolute Gasteiger partial charge is 0.257 e. The standard InChI is InChI=1S/C19H21N5O.ClH/c1-11-6-12(2)24-18(22-11)17(13(3)23-24)19(25)21-8-14-4-5-15-9-20-10-16(15)7-14;/h4-7,20H,8-10H2,1-3H3,(H,21,25);1H. The van der Waals surface area contributed by atoms with Gasteiger partial charge >= 0.3 is 0 Å². The van der Waals surface area contributed by atoms with Crippen molar-refractivity contribution in [3.8, 4) is 0 Å². The fraction of sp³-hybridized carbons (Fsp3) is 0.316. The predicted octanol–water partition coefficient (Wildman–Crippen LogP) is 2.61. The molecule has 1 aliphatic rings. The molecular weight excluding hydrogens is 350 g/mol. The molecule has 0 aliphatic carbocycles. The molecule has 0 bridgehead atoms. The first-order valence-electron chi connectivity index (χ1n) is 8.46. The number of hydrogen-bond donors (Lipinski definition) is 2. The second-order valence-electron chi connectivity index (χ2n) is 6.62. The highest BCUT2D eigenvalue weighted by molar-refractivity contribution is 6.01. The summed E-state index contributed by atoms with van der Waals surface area (Å²) in [7, 11) is 0. The number of aromatic nitrogens is 3. The number of hydrogen-bond acceptors (Lipinski definition) is 4. The van der Waals surface area contributed by atoms with E-state index in [0.717, 1.165) is 30.0 Å². The highest BCUT2D eigenvalue weighted by atomic mass is 35.5. The SMILES string of the molecule is Cc1cc(C)n2nc(C)c(C(=O)NCc3ccc4c(c3)CNC4)c2n1.Cl. The van der Waals surface area contributed by atoms with Gasteiger partial charge in [0.05, 0.1) is 5.69 Å². The van der Waals surface area contributed by atoms with E-state index in [4.69, 9.17) is 0 Å². The lowest BCUT2D eigenvalue weighted by Gasteiger charge is -2.07. The van der Waals surface area contributed by atoms with Crippen LogP contribution in [-0.2, 0) is 19.6 Å². The maximum Gasteiger partial charge on any atom is 0.257 e. The molecule has 1 amide bonds. The third-order valence-corrected chi connectivity index (χ3v) is 4.65. The lowest BCUT2D eigenvalue weighted by atomic mass is 10.1. The van der Waals surface area contributed by atoms with Gasteiger partial charge in [-0.25, -0.2) is 9.50 Å². The zero-order valence-electron chi connectivity index (χ0n) is 15.1. The first kappa shape index (κ1) is 18.4. The number of halogens is 1. The minimum Gasteiger partial charge on any atom is -0.348 e. The summed E-state index contributed by atoms with van der Waals surface area (Å²) in [5, 5.41) is 10.8. The van der Waals surface area contributed by atoms with Crippen LogP contribution in [0.15, 0.2) is 24.3 Å². The summed E-state index contributed by atoms with van der Waals surface area (Å²) in [6.45, 7) is 8.05. The molecule has 2 aromatic heterocycles. The number of aryl methyl sites for hydroxylation is 3. The minimum atomic E-state index is -0.136. The van der Waals surface area contributed by atoms with Crippen LogP contribution >= 0.6 is 12.4 Å². The second kappa shape index (κ2) is 7.05. The van der Waals surface area contributed by atoms with Crippen LogP contribution in [0.5, 0.6) is 0 Å². The molecule has 6 nitrogen and oxygen atoms in total. The number of rotatable bonds is 3. The number of benzene rings is 1. The Kier molecular flexibility index (Phi) is 4.98. The molecule has 0 saturated heterocycles. The number of carbonyl (C=O) groups is 1. The van der Waals surface area contributed by atoms with Crippen LogP contribution in [0.3, 0.4) is 0 Å². The average molecular weight is 372 g/mol. The zero-order chi connectivity index (χ0) is 17.6. The summed E-state index contributed by atoms with van der Waals surface area (Å²) in [6, 6.07) is 8.32. The number of carbonyl (C=O) groups excluding carboxylic acids is 1. The fourth-order valence-electron chi connectivity index (χ4n) is 3.42. The van der Waals surface area contributed by atoms with E-state index in [1.165, 1.54) is 11.1 Å². The van der Waals surface area contributed by atoms with E-state index < -0.39 is 0 Å². The Morgan fingerprint density at radius 3 is 2.77 bits per heavy atom. The average Bonchev–Trinajstić information content (AvgIpc) is 3.16. The van der Waals surface area contributed by atoms with Crippen LogP contribution < -0.4 is 10.6 Å². The molecule has 2 N–H and O–H groups in total. The maximum atomic E-state index is 12.8. The van der Waals surface area contributed by atoms with E-state index in [1.807, 2.05) is 26.8 Å². The van der Waals surface area contributed by atoms with Gasteiger partial charge in [0.15, 0.2) is 5.65 Å². The normalized spacial score (nSPS) is 12.7. The Morgan fingerprint density at radius 2 is 1.96 bits per heavy atom. The monoisotopic (exact) mass is 371 g/mol. The van der Waals surface area contributed by atoms with Crippen LogP contribution in [0.2, 0.25) is 0 Å². The van der Waals surface area contributed by atoms with Gasteiger partial charge in [-0.3, -0.25) is 4.79 Å². The molecule has 0 spiro atoms. The Hall–Kier alpha value is -2.44. The molecule has 3 aromatic rings. The number of amides is 1. The van der Waals surface area contributed by atoms with Crippen molar-refractivity contribution in [3.63, 3.8) is 0 Å². The van der Waals surface area contributed by atoms with Crippen LogP contribution in [0.25, 0.3) is 5.65 Å². The minimum absolute atomic E-state index is 0. The molecule has 1 aromatic carbocycles. The van der Waals surface area contributed by atoms with Gasteiger partial charge in [-0.2, -0.15) is 5.10 Å². The van der Waals surface area contributed by atoms with E-state index in [2.05, 4.69) is 38.9 Å². The summed E-state index contributed by atoms with van der Waals surface area (Å²) >= 11 is 0. The van der Waals surface area contributed by atoms with Crippen molar-refractivity contribution in [2.45, 2.75) is 40.4 Å². The molecule has 26 heavy (non-hydrogen) atoms. The molecular formula is C19H22ClN5O. The van der Waals surface area contributed by atoms with Crippen LogP contribution in [0.4, 0.5) is 0 Å². The van der Waals surface area contributed by atoms with Crippen molar-refractivity contribution < 1.29 is 4.79 Å². The molecule has 0 atom stereocenters. The van der Waals surface area contributed by atoms with E-state index in [9.17, 15) is 4.79 Å². The van der Waals surface area contributed by atoms with Gasteiger partial charge in [0.1, 0.15) is 5.56 Å². The van der Waals surface area contributed by atoms with Crippen molar-refractivity contribution in [2.24, 2.45) is 0 Å². The Bertz CT molecular complexity index is 995. The van der Waals surface area contributed by atoms with E-state index >= 15 is 0 Å². The highest BCUT2D eigenvalue weighted by Gasteiger charge is 2.19. The van der Waals surface area contributed by atoms with Crippen LogP contribution in [0.1, 0.15) is 44.1 Å². The van der Waals surface area contributed by atoms with Crippen LogP contribution in [-0.4, -0.2) is 20.5 Å². The van der Waals surface area contributed by atoms with Gasteiger partial charge in [0.25, 0.3) is 5.91 Å². The van der Waals surface area contributed by atoms with Gasteiger partial charge in [-0.05, 0) is 43.5 Å². The maximum absolute atomic E-state index is 12.8. The Labute approximate surface area is 158 Å². The van der Waals surface area contributed by atoms with Crippen LogP contribution in [0, 0.1) is 20.8 Å². The van der Waals surface area contributed by atoms with Gasteiger partial charge in [-0.1, -0.05) is 18.2 Å². The number of fused-ring (bicyclic) bond motifs is 2. The molecule has 0 unspecified atom stereocenters. The first-order valence-corrected chi connectivity index (χ1v) is 8.46. The van der Waals surface area contributed by atoms with Crippen molar-refractivity contribution in [1.29, 1.82) is 0 Å². The quantitative estimate of drug-likeness (QED) is 0.742. The summed E-state index contributed by atoms with van der Waals surface area (Å²) in [5.74, 6) is -0.136. The molecule has 3 heterocycles. The molecule has 7 heteroatoms. The highest BCUT2D eigenvalue weighted by Crippen LogP contribution is 2.18. The molecule has 1 aliphatic heterocycles. The van der Waals surface area contributed by atoms with Gasteiger partial charge < -0.3 is 10.6 Å². The van der Waals surface area contributed by atoms with Gasteiger partial charge in [-0.15, -0.1) is 12.4 Å². The zero-order valence-corrected chi connectivity index (χ0v) is 15.9. The topological polar surface area (TPSA) is 71.3 Å². The molecule has 0 radical (unpaired) electrons. The predicted molar refractivity (Wildman–Crippen MR) is 103 cm³/mol. The molecule has 4 rings (SSSR count). The summed E-state index contributed by atoms with van der Waals surface area (Å²) in [5.41, 5.74) is 7.46. The van der Waals surface area contributed by atoms with Crippen molar-refractivity contribution in [2.75, 3.05) is 0 Å². The first-order chi connectivity index (χ1) is 12.0. The number of nitrogens with one attached hydrogen (secondary N) is 2. The fourth-order valence-corrected chi connectivity index (χ4v) is 3.42. The van der Waals surface area contributed by atoms with Crippen molar-refractivity contribution >= 4 is 24.0 Å². The van der Waals surface area contributed by atoms with Crippen molar-refractivity contribution in [3.05, 3.63) is 63.6 Å². The van der Waals surface area contributed by atoms with Gasteiger partial charge in [0, 0.05) is 31.0 Å².